The summed E-state index contributed by atoms with van der Waals surface area (Å²) >= 11 is 0. The number of carbonyl (C=O) groups excluding carboxylic acids is 2. The van der Waals surface area contributed by atoms with Crippen molar-refractivity contribution in [3.63, 3.8) is 0 Å². The first-order valence-corrected chi connectivity index (χ1v) is 10.4. The van der Waals surface area contributed by atoms with E-state index in [1.165, 1.54) is 4.68 Å². The van der Waals surface area contributed by atoms with E-state index in [1.807, 2.05) is 18.2 Å². The van der Waals surface area contributed by atoms with Crippen molar-refractivity contribution in [2.45, 2.75) is 12.8 Å². The third-order valence-electron chi connectivity index (χ3n) is 5.89. The summed E-state index contributed by atoms with van der Waals surface area (Å²) in [5.41, 5.74) is 12.1. The van der Waals surface area contributed by atoms with Crippen LogP contribution in [0.1, 0.15) is 37.7 Å². The molecule has 0 unspecified atom stereocenters. The summed E-state index contributed by atoms with van der Waals surface area (Å²) in [7, 11) is 0. The number of nitrogens with two attached hydrogens (primary N) is 3. The highest BCUT2D eigenvalue weighted by atomic mass is 16.5. The molecular weight excluding hydrogens is 424 g/mol. The minimum absolute atomic E-state index is 0.114. The van der Waals surface area contributed by atoms with Crippen LogP contribution in [0.25, 0.3) is 5.69 Å². The molecule has 3 heterocycles. The molecule has 33 heavy (non-hydrogen) atoms. The Balaban J connectivity index is 1.56. The van der Waals surface area contributed by atoms with E-state index >= 15 is 0 Å². The van der Waals surface area contributed by atoms with Gasteiger partial charge in [0.05, 0.1) is 12.3 Å². The van der Waals surface area contributed by atoms with E-state index in [1.54, 1.807) is 29.2 Å². The van der Waals surface area contributed by atoms with Gasteiger partial charge in [-0.1, -0.05) is 0 Å². The number of hydrazine groups is 1. The number of hydrogen-bond acceptors (Lipinski definition) is 7. The fraction of sp³-hybridized carbons (Fsp3) is 0.182. The number of rotatable bonds is 4. The van der Waals surface area contributed by atoms with Crippen molar-refractivity contribution in [2.75, 3.05) is 18.1 Å². The zero-order valence-corrected chi connectivity index (χ0v) is 17.6. The maximum Gasteiger partial charge on any atom is 0.277 e. The molecule has 0 fully saturated rings. The SMILES string of the molecule is N/N=C(\NN)c1ccc(N2CCc3c(C(N)=O)nn(-c4ccc5c(c4)CCO5)c3C2=O)cc1. The molecular formula is C22H22N8O3. The molecule has 11 heteroatoms. The van der Waals surface area contributed by atoms with Crippen LogP contribution < -0.4 is 32.5 Å². The summed E-state index contributed by atoms with van der Waals surface area (Å²) < 4.78 is 7.08. The highest BCUT2D eigenvalue weighted by Gasteiger charge is 2.34. The van der Waals surface area contributed by atoms with Crippen LogP contribution >= 0.6 is 0 Å². The van der Waals surface area contributed by atoms with Gasteiger partial charge in [-0.3, -0.25) is 9.59 Å². The lowest BCUT2D eigenvalue weighted by Gasteiger charge is -2.28. The van der Waals surface area contributed by atoms with Crippen LogP contribution in [-0.4, -0.2) is 40.6 Å². The highest BCUT2D eigenvalue weighted by molar-refractivity contribution is 6.09. The molecule has 0 aliphatic carbocycles. The molecule has 5 rings (SSSR count). The number of ether oxygens (including phenoxy) is 1. The van der Waals surface area contributed by atoms with Crippen LogP contribution in [0.2, 0.25) is 0 Å². The largest absolute Gasteiger partial charge is 0.493 e. The van der Waals surface area contributed by atoms with Gasteiger partial charge in [0.25, 0.3) is 11.8 Å². The fourth-order valence-corrected chi connectivity index (χ4v) is 4.29. The number of carbonyl (C=O) groups is 2. The first kappa shape index (κ1) is 20.5. The molecule has 2 amide bonds. The van der Waals surface area contributed by atoms with E-state index in [0.29, 0.717) is 53.6 Å². The first-order chi connectivity index (χ1) is 16.0. The molecule has 2 aliphatic heterocycles. The second kappa shape index (κ2) is 7.95. The predicted octanol–water partition coefficient (Wildman–Crippen LogP) is 0.193. The number of fused-ring (bicyclic) bond motifs is 2. The maximum absolute atomic E-state index is 13.6. The second-order valence-corrected chi connectivity index (χ2v) is 7.72. The van der Waals surface area contributed by atoms with Crippen LogP contribution in [-0.2, 0) is 12.8 Å². The number of hydrazone groups is 1. The van der Waals surface area contributed by atoms with Crippen molar-refractivity contribution in [1.82, 2.24) is 15.2 Å². The maximum atomic E-state index is 13.6. The predicted molar refractivity (Wildman–Crippen MR) is 121 cm³/mol. The molecule has 0 atom stereocenters. The molecule has 0 saturated heterocycles. The van der Waals surface area contributed by atoms with Crippen LogP contribution in [0, 0.1) is 0 Å². The topological polar surface area (TPSA) is 167 Å². The number of nitrogens with zero attached hydrogens (tertiary/aromatic N) is 4. The lowest BCUT2D eigenvalue weighted by atomic mass is 10.0. The zero-order valence-electron chi connectivity index (χ0n) is 17.6. The van der Waals surface area contributed by atoms with Crippen molar-refractivity contribution >= 4 is 23.3 Å². The number of amides is 2. The van der Waals surface area contributed by atoms with Crippen LogP contribution in [0.15, 0.2) is 47.6 Å². The number of primary amides is 1. The third-order valence-corrected chi connectivity index (χ3v) is 5.89. The number of nitrogens with one attached hydrogen (secondary N) is 1. The second-order valence-electron chi connectivity index (χ2n) is 7.72. The zero-order chi connectivity index (χ0) is 23.1. The van der Waals surface area contributed by atoms with E-state index in [-0.39, 0.29) is 11.6 Å². The Labute approximate surface area is 188 Å². The molecule has 3 aromatic rings. The number of amidine groups is 1. The van der Waals surface area contributed by atoms with Gasteiger partial charge >= 0.3 is 0 Å². The lowest BCUT2D eigenvalue weighted by Crippen LogP contribution is -2.39. The Morgan fingerprint density at radius 3 is 2.58 bits per heavy atom. The normalized spacial score (nSPS) is 15.1. The summed E-state index contributed by atoms with van der Waals surface area (Å²) in [6.07, 6.45) is 1.21. The van der Waals surface area contributed by atoms with Crippen molar-refractivity contribution < 1.29 is 14.3 Å². The van der Waals surface area contributed by atoms with Crippen LogP contribution in [0.5, 0.6) is 5.75 Å². The van der Waals surface area contributed by atoms with E-state index in [0.717, 1.165) is 17.7 Å². The molecule has 11 nitrogen and oxygen atoms in total. The van der Waals surface area contributed by atoms with Gasteiger partial charge in [0.2, 0.25) is 0 Å². The molecule has 1 aromatic heterocycles. The van der Waals surface area contributed by atoms with Crippen molar-refractivity contribution in [1.29, 1.82) is 0 Å². The van der Waals surface area contributed by atoms with Crippen molar-refractivity contribution in [2.24, 2.45) is 22.5 Å². The Bertz CT molecular complexity index is 1300. The molecule has 0 spiro atoms. The Morgan fingerprint density at radius 1 is 1.12 bits per heavy atom. The smallest absolute Gasteiger partial charge is 0.277 e. The van der Waals surface area contributed by atoms with Gasteiger partial charge in [-0.15, -0.1) is 0 Å². The van der Waals surface area contributed by atoms with Gasteiger partial charge in [-0.25, -0.2) is 10.5 Å². The van der Waals surface area contributed by atoms with Gasteiger partial charge in [0, 0.05) is 29.8 Å². The first-order valence-electron chi connectivity index (χ1n) is 10.4. The lowest BCUT2D eigenvalue weighted by molar-refractivity contribution is 0.0972. The summed E-state index contributed by atoms with van der Waals surface area (Å²) in [6.45, 7) is 0.990. The Kier molecular flexibility index (Phi) is 4.94. The molecule has 168 valence electrons. The van der Waals surface area contributed by atoms with E-state index in [2.05, 4.69) is 15.6 Å². The van der Waals surface area contributed by atoms with Gasteiger partial charge in [0.15, 0.2) is 11.5 Å². The average molecular weight is 446 g/mol. The molecule has 7 N–H and O–H groups in total. The molecule has 2 aliphatic rings. The standard InChI is InChI=1S/C22H22N8O3/c23-20(31)18-16-7-9-29(14-3-1-12(2-4-14)21(26-24)27-25)22(32)19(16)30(28-18)15-5-6-17-13(11-15)8-10-33-17/h1-6,11H,7-10,24-25H2,(H2,23,31)(H,26,27). The minimum Gasteiger partial charge on any atom is -0.493 e. The third kappa shape index (κ3) is 3.34. The van der Waals surface area contributed by atoms with E-state index in [9.17, 15) is 9.59 Å². The quantitative estimate of drug-likeness (QED) is 0.192. The summed E-state index contributed by atoms with van der Waals surface area (Å²) in [6, 6.07) is 12.7. The number of anilines is 1. The Morgan fingerprint density at radius 2 is 1.88 bits per heavy atom. The minimum atomic E-state index is -0.664. The van der Waals surface area contributed by atoms with Crippen LogP contribution in [0.4, 0.5) is 5.69 Å². The van der Waals surface area contributed by atoms with Crippen molar-refractivity contribution in [3.8, 4) is 11.4 Å². The van der Waals surface area contributed by atoms with Gasteiger partial charge in [0.1, 0.15) is 11.4 Å². The fourth-order valence-electron chi connectivity index (χ4n) is 4.29. The number of hydrogen-bond donors (Lipinski definition) is 4. The number of aromatic nitrogens is 2. The molecule has 0 bridgehead atoms. The molecule has 0 radical (unpaired) electrons. The van der Waals surface area contributed by atoms with E-state index in [4.69, 9.17) is 22.2 Å². The molecule has 2 aromatic carbocycles. The van der Waals surface area contributed by atoms with Gasteiger partial charge in [-0.2, -0.15) is 10.2 Å². The van der Waals surface area contributed by atoms with Gasteiger partial charge < -0.3 is 26.6 Å². The summed E-state index contributed by atoms with van der Waals surface area (Å²) in [5.74, 6) is 10.9. The Hall–Kier alpha value is -4.38. The molecule has 0 saturated carbocycles. The monoisotopic (exact) mass is 446 g/mol. The summed E-state index contributed by atoms with van der Waals surface area (Å²) in [5, 5.41) is 8.02. The van der Waals surface area contributed by atoms with Crippen molar-refractivity contribution in [3.05, 3.63) is 70.5 Å². The van der Waals surface area contributed by atoms with Crippen LogP contribution in [0.3, 0.4) is 0 Å². The number of benzene rings is 2. The highest BCUT2D eigenvalue weighted by Crippen LogP contribution is 2.32. The van der Waals surface area contributed by atoms with E-state index < -0.39 is 5.91 Å². The summed E-state index contributed by atoms with van der Waals surface area (Å²) in [4.78, 5) is 27.3. The van der Waals surface area contributed by atoms with Gasteiger partial charge in [-0.05, 0) is 54.4 Å². The average Bonchev–Trinajstić information content (AvgIpc) is 3.45.